The fourth-order valence-corrected chi connectivity index (χ4v) is 8.14. The monoisotopic (exact) mass is 970 g/mol. The summed E-state index contributed by atoms with van der Waals surface area (Å²) in [6, 6.07) is 7.57. The third kappa shape index (κ3) is 6.99. The molecule has 0 fully saturated rings. The highest BCUT2D eigenvalue weighted by molar-refractivity contribution is 6.05. The zero-order valence-electron chi connectivity index (χ0n) is 35.0. The molecule has 352 valence electrons. The molecule has 21 heteroatoms. The van der Waals surface area contributed by atoms with Gasteiger partial charge in [0, 0.05) is 61.3 Å². The number of nitrogens with one attached hydrogen (secondary N) is 2. The summed E-state index contributed by atoms with van der Waals surface area (Å²) >= 11 is 0. The van der Waals surface area contributed by atoms with E-state index in [4.69, 9.17) is 11.5 Å². The van der Waals surface area contributed by atoms with Gasteiger partial charge >= 0.3 is 0 Å². The van der Waals surface area contributed by atoms with Gasteiger partial charge in [0.25, 0.3) is 0 Å². The molecule has 5 heterocycles. The van der Waals surface area contributed by atoms with Gasteiger partial charge in [-0.05, 0) is 71.7 Å². The summed E-state index contributed by atoms with van der Waals surface area (Å²) in [7, 11) is 0. The van der Waals surface area contributed by atoms with Crippen LogP contribution in [0.15, 0.2) is 36.4 Å². The summed E-state index contributed by atoms with van der Waals surface area (Å²) in [5.41, 5.74) is 0.546. The summed E-state index contributed by atoms with van der Waals surface area (Å²) in [5.74, 6) is -37.1. The van der Waals surface area contributed by atoms with Crippen LogP contribution in [-0.2, 0) is 5.41 Å². The predicted molar refractivity (Wildman–Crippen MR) is 227 cm³/mol. The molecular weight excluding hydrogens is 946 g/mol. The molecule has 0 atom stereocenters. The van der Waals surface area contributed by atoms with Gasteiger partial charge < -0.3 is 21.4 Å². The van der Waals surface area contributed by atoms with Gasteiger partial charge in [-0.25, -0.2) is 75.8 Å². The highest BCUT2D eigenvalue weighted by Crippen LogP contribution is 2.45. The molecule has 9 rings (SSSR count). The SMILES string of the molecule is CC(C)(C)c1cc(N)c(-c2c3ccc([nH]3)c(-c3c(F)c(F)c(F)c(F)c3F)c3nc(c(-c4c(F)c(F)c(F)c(F)c4F)c4nc(c(-c5c(F)c(F)c(F)c(F)c5F)c5ccc2[nH]5)C=C4)C=C3)c(N)c1. The molecule has 6 nitrogen and oxygen atoms in total. The quantitative estimate of drug-likeness (QED) is 0.0609. The van der Waals surface area contributed by atoms with Gasteiger partial charge in [0.1, 0.15) is 0 Å². The van der Waals surface area contributed by atoms with Crippen LogP contribution in [0.4, 0.5) is 77.2 Å². The number of hydrogen-bond donors (Lipinski definition) is 4. The van der Waals surface area contributed by atoms with Crippen LogP contribution < -0.4 is 11.5 Å². The number of hydrogen-bond acceptors (Lipinski definition) is 4. The van der Waals surface area contributed by atoms with Crippen LogP contribution in [0.25, 0.3) is 90.9 Å². The van der Waals surface area contributed by atoms with Crippen molar-refractivity contribution in [3.8, 4) is 44.5 Å². The van der Waals surface area contributed by atoms with Crippen LogP contribution in [0.2, 0.25) is 0 Å². The topological polar surface area (TPSA) is 109 Å². The molecule has 0 spiro atoms. The minimum atomic E-state index is -2.63. The number of nitrogen functional groups attached to an aromatic ring is 2. The first-order valence-corrected chi connectivity index (χ1v) is 19.9. The van der Waals surface area contributed by atoms with Crippen LogP contribution in [0, 0.1) is 87.3 Å². The summed E-state index contributed by atoms with van der Waals surface area (Å²) in [5, 5.41) is 0. The normalized spacial score (nSPS) is 12.5. The number of anilines is 2. The molecule has 6 N–H and O–H groups in total. The van der Waals surface area contributed by atoms with Gasteiger partial charge in [0.2, 0.25) is 17.5 Å². The summed E-state index contributed by atoms with van der Waals surface area (Å²) in [4.78, 5) is 13.9. The van der Waals surface area contributed by atoms with Crippen molar-refractivity contribution in [2.75, 3.05) is 11.5 Å². The van der Waals surface area contributed by atoms with Crippen molar-refractivity contribution in [2.45, 2.75) is 26.2 Å². The van der Waals surface area contributed by atoms with Crippen molar-refractivity contribution in [1.29, 1.82) is 0 Å². The Morgan fingerprint density at radius 3 is 0.870 bits per heavy atom. The average Bonchev–Trinajstić information content (AvgIpc) is 4.16. The van der Waals surface area contributed by atoms with Gasteiger partial charge in [-0.1, -0.05) is 20.8 Å². The average molecular weight is 971 g/mol. The summed E-state index contributed by atoms with van der Waals surface area (Å²) in [6.45, 7) is 5.50. The lowest BCUT2D eigenvalue weighted by Gasteiger charge is -2.22. The zero-order valence-corrected chi connectivity index (χ0v) is 35.0. The number of benzene rings is 4. The third-order valence-corrected chi connectivity index (χ3v) is 11.4. The molecule has 8 bridgehead atoms. The maximum Gasteiger partial charge on any atom is 0.200 e. The minimum absolute atomic E-state index is 0.00835. The molecule has 0 unspecified atom stereocenters. The number of H-pyrrole nitrogens is 2. The largest absolute Gasteiger partial charge is 0.398 e. The van der Waals surface area contributed by atoms with Gasteiger partial charge in [0.05, 0.1) is 39.5 Å². The molecule has 7 aromatic rings. The van der Waals surface area contributed by atoms with Gasteiger partial charge in [0.15, 0.2) is 69.8 Å². The van der Waals surface area contributed by atoms with E-state index >= 15 is 52.7 Å². The second-order valence-corrected chi connectivity index (χ2v) is 16.6. The lowest BCUT2D eigenvalue weighted by Crippen LogP contribution is -2.13. The van der Waals surface area contributed by atoms with Crippen molar-refractivity contribution >= 4 is 57.7 Å². The van der Waals surface area contributed by atoms with E-state index in [1.807, 2.05) is 20.8 Å². The number of aromatic nitrogens is 4. The van der Waals surface area contributed by atoms with Crippen molar-refractivity contribution in [1.82, 2.24) is 19.9 Å². The highest BCUT2D eigenvalue weighted by atomic mass is 19.2. The Morgan fingerprint density at radius 1 is 0.333 bits per heavy atom. The minimum Gasteiger partial charge on any atom is -0.398 e. The first kappa shape index (κ1) is 46.2. The van der Waals surface area contributed by atoms with Gasteiger partial charge in [-0.3, -0.25) is 0 Å². The zero-order chi connectivity index (χ0) is 50.0. The molecule has 0 saturated heterocycles. The number of aromatic amines is 2. The smallest absolute Gasteiger partial charge is 0.200 e. The lowest BCUT2D eigenvalue weighted by atomic mass is 9.85. The fourth-order valence-electron chi connectivity index (χ4n) is 8.14. The molecule has 0 saturated carbocycles. The molecule has 4 aromatic carbocycles. The van der Waals surface area contributed by atoms with E-state index in [0.29, 0.717) is 5.56 Å². The van der Waals surface area contributed by atoms with Gasteiger partial charge in [-0.15, -0.1) is 0 Å². The van der Waals surface area contributed by atoms with Crippen molar-refractivity contribution < 1.29 is 65.9 Å². The maximum atomic E-state index is 16.0. The second kappa shape index (κ2) is 16.1. The van der Waals surface area contributed by atoms with E-state index < -0.39 is 160 Å². The Hall–Kier alpha value is -7.97. The van der Waals surface area contributed by atoms with Gasteiger partial charge in [-0.2, -0.15) is 0 Å². The lowest BCUT2D eigenvalue weighted by molar-refractivity contribution is 0.381. The fraction of sp³-hybridized carbons (Fsp3) is 0.0833. The molecule has 69 heavy (non-hydrogen) atoms. The van der Waals surface area contributed by atoms with Crippen LogP contribution in [0.1, 0.15) is 49.1 Å². The summed E-state index contributed by atoms with van der Waals surface area (Å²) in [6.07, 6.45) is 3.16. The Morgan fingerprint density at radius 2 is 0.580 bits per heavy atom. The number of nitrogens with two attached hydrogens (primary N) is 2. The number of rotatable bonds is 4. The van der Waals surface area contributed by atoms with E-state index in [1.165, 1.54) is 24.3 Å². The van der Waals surface area contributed by atoms with Crippen LogP contribution >= 0.6 is 0 Å². The highest BCUT2D eigenvalue weighted by Gasteiger charge is 2.34. The first-order chi connectivity index (χ1) is 32.4. The van der Waals surface area contributed by atoms with E-state index in [9.17, 15) is 13.2 Å². The van der Waals surface area contributed by atoms with Crippen molar-refractivity contribution in [3.63, 3.8) is 0 Å². The molecule has 0 aliphatic carbocycles. The standard InChI is InChI=1S/C48H25F15N6/c1-48(2,3)14-12-15(64)25(16(65)13-14)26-17-4-6-19(66-17)27(30-33(49)39(55)45(61)40(56)34(30)50)21-8-10-23(68-21)29(32-37(53)43(59)47(63)44(60)38(32)54)24-11-9-22(69-24)28(20-7-5-18(26)67-20)31-35(51)41(57)46(62)42(58)36(31)52/h4-13,66-67H,64-65H2,1-3H3. The molecule has 0 radical (unpaired) electrons. The summed E-state index contributed by atoms with van der Waals surface area (Å²) < 4.78 is 229. The first-order valence-electron chi connectivity index (χ1n) is 19.9. The Labute approximate surface area is 377 Å². The Balaban J connectivity index is 1.58. The van der Waals surface area contributed by atoms with Crippen molar-refractivity contribution in [2.24, 2.45) is 0 Å². The predicted octanol–water partition coefficient (Wildman–Crippen LogP) is 13.9. The number of fused-ring (bicyclic) bond motifs is 8. The Bertz CT molecular complexity index is 3420. The van der Waals surface area contributed by atoms with E-state index in [2.05, 4.69) is 19.9 Å². The molecule has 2 aliphatic heterocycles. The maximum absolute atomic E-state index is 16.0. The third-order valence-electron chi connectivity index (χ3n) is 11.4. The molecule has 2 aliphatic rings. The van der Waals surface area contributed by atoms with Crippen molar-refractivity contribution in [3.05, 3.63) is 152 Å². The Kier molecular flexibility index (Phi) is 10.8. The number of halogens is 15. The number of nitrogens with zero attached hydrogens (tertiary/aromatic N) is 2. The van der Waals surface area contributed by atoms with E-state index in [-0.39, 0.29) is 33.5 Å². The van der Waals surface area contributed by atoms with E-state index in [1.54, 1.807) is 0 Å². The van der Waals surface area contributed by atoms with Crippen LogP contribution in [0.5, 0.6) is 0 Å². The second-order valence-electron chi connectivity index (χ2n) is 16.6. The molecule has 3 aromatic heterocycles. The van der Waals surface area contributed by atoms with Crippen LogP contribution in [-0.4, -0.2) is 19.9 Å². The van der Waals surface area contributed by atoms with E-state index in [0.717, 1.165) is 36.4 Å². The molecule has 0 amide bonds. The van der Waals surface area contributed by atoms with Crippen LogP contribution in [0.3, 0.4) is 0 Å². The molecular formula is C48H25F15N6.